The summed E-state index contributed by atoms with van der Waals surface area (Å²) in [6.45, 7) is 3.44. The third-order valence-electron chi connectivity index (χ3n) is 2.89. The van der Waals surface area contributed by atoms with E-state index in [0.29, 0.717) is 42.6 Å². The molecular formula is C13H14N2O4. The predicted octanol–water partition coefficient (Wildman–Crippen LogP) is 1.54. The van der Waals surface area contributed by atoms with Gasteiger partial charge in [0.25, 0.3) is 5.91 Å². The van der Waals surface area contributed by atoms with Crippen molar-refractivity contribution >= 4 is 17.3 Å². The van der Waals surface area contributed by atoms with E-state index in [1.54, 1.807) is 12.1 Å². The number of carbonyl (C=O) groups is 1. The molecule has 19 heavy (non-hydrogen) atoms. The number of hydrogen-bond donors (Lipinski definition) is 1. The van der Waals surface area contributed by atoms with Gasteiger partial charge in [0.15, 0.2) is 17.2 Å². The number of fused-ring (bicyclic) bond motifs is 2. The fraction of sp³-hybridized carbons (Fsp3) is 0.385. The van der Waals surface area contributed by atoms with Crippen molar-refractivity contribution in [2.75, 3.05) is 25.1 Å². The van der Waals surface area contributed by atoms with Crippen molar-refractivity contribution in [1.29, 1.82) is 0 Å². The summed E-state index contributed by atoms with van der Waals surface area (Å²) in [6.07, 6.45) is 0.839. The van der Waals surface area contributed by atoms with Crippen LogP contribution in [0.25, 0.3) is 0 Å². The van der Waals surface area contributed by atoms with Gasteiger partial charge in [-0.05, 0) is 13.0 Å². The molecule has 6 nitrogen and oxygen atoms in total. The maximum atomic E-state index is 11.8. The lowest BCUT2D eigenvalue weighted by Gasteiger charge is -2.08. The number of oxime groups is 1. The van der Waals surface area contributed by atoms with Crippen molar-refractivity contribution in [3.63, 3.8) is 0 Å². The number of ether oxygens (including phenoxy) is 2. The summed E-state index contributed by atoms with van der Waals surface area (Å²) < 4.78 is 11.2. The van der Waals surface area contributed by atoms with Gasteiger partial charge in [-0.1, -0.05) is 5.16 Å². The average Bonchev–Trinajstić information content (AvgIpc) is 2.58. The van der Waals surface area contributed by atoms with E-state index in [1.165, 1.54) is 0 Å². The highest BCUT2D eigenvalue weighted by Gasteiger charge is 2.29. The van der Waals surface area contributed by atoms with Crippen LogP contribution in [0.2, 0.25) is 0 Å². The van der Waals surface area contributed by atoms with Gasteiger partial charge in [-0.15, -0.1) is 0 Å². The lowest BCUT2D eigenvalue weighted by atomic mass is 10.1. The first kappa shape index (κ1) is 11.8. The minimum Gasteiger partial charge on any atom is -0.490 e. The summed E-state index contributed by atoms with van der Waals surface area (Å²) in [4.78, 5) is 16.8. The van der Waals surface area contributed by atoms with Crippen LogP contribution in [0.15, 0.2) is 17.3 Å². The van der Waals surface area contributed by atoms with Gasteiger partial charge in [0.05, 0.1) is 18.9 Å². The first-order valence-corrected chi connectivity index (χ1v) is 6.25. The quantitative estimate of drug-likeness (QED) is 0.821. The molecule has 0 bridgehead atoms. The average molecular weight is 262 g/mol. The monoisotopic (exact) mass is 262 g/mol. The zero-order valence-electron chi connectivity index (χ0n) is 10.6. The van der Waals surface area contributed by atoms with E-state index in [9.17, 15) is 4.79 Å². The molecule has 0 fully saturated rings. The molecule has 1 N–H and O–H groups in total. The summed E-state index contributed by atoms with van der Waals surface area (Å²) >= 11 is 0. The van der Waals surface area contributed by atoms with E-state index in [-0.39, 0.29) is 11.6 Å². The minimum absolute atomic E-state index is 0.271. The molecule has 0 aliphatic carbocycles. The van der Waals surface area contributed by atoms with Crippen LogP contribution >= 0.6 is 0 Å². The van der Waals surface area contributed by atoms with Crippen molar-refractivity contribution in [2.45, 2.75) is 13.3 Å². The standard InChI is InChI=1S/C13H14N2O4/c1-2-19-15-12-8-6-10-11(18-5-3-4-17-10)7-9(8)14-13(12)16/h6-7H,2-5H2,1H3,(H,14,15,16). The fourth-order valence-electron chi connectivity index (χ4n) is 2.03. The molecular weight excluding hydrogens is 248 g/mol. The summed E-state index contributed by atoms with van der Waals surface area (Å²) in [5, 5.41) is 6.59. The molecule has 0 radical (unpaired) electrons. The second-order valence-electron chi connectivity index (χ2n) is 4.21. The molecule has 3 rings (SSSR count). The molecule has 100 valence electrons. The van der Waals surface area contributed by atoms with Crippen molar-refractivity contribution in [2.24, 2.45) is 5.16 Å². The van der Waals surface area contributed by atoms with Gasteiger partial charge in [0, 0.05) is 18.1 Å². The van der Waals surface area contributed by atoms with E-state index >= 15 is 0 Å². The molecule has 0 atom stereocenters. The van der Waals surface area contributed by atoms with Crippen LogP contribution in [0.3, 0.4) is 0 Å². The maximum absolute atomic E-state index is 11.8. The molecule has 0 aromatic heterocycles. The predicted molar refractivity (Wildman–Crippen MR) is 68.8 cm³/mol. The third kappa shape index (κ3) is 2.09. The van der Waals surface area contributed by atoms with Crippen LogP contribution in [0, 0.1) is 0 Å². The van der Waals surface area contributed by atoms with Crippen LogP contribution in [-0.2, 0) is 9.63 Å². The maximum Gasteiger partial charge on any atom is 0.278 e. The second-order valence-corrected chi connectivity index (χ2v) is 4.21. The number of rotatable bonds is 2. The van der Waals surface area contributed by atoms with E-state index in [1.807, 2.05) is 6.92 Å². The van der Waals surface area contributed by atoms with Crippen LogP contribution < -0.4 is 14.8 Å². The highest BCUT2D eigenvalue weighted by atomic mass is 16.6. The van der Waals surface area contributed by atoms with Gasteiger partial charge in [-0.2, -0.15) is 0 Å². The van der Waals surface area contributed by atoms with Crippen LogP contribution in [0.5, 0.6) is 11.5 Å². The lowest BCUT2D eigenvalue weighted by molar-refractivity contribution is -0.110. The van der Waals surface area contributed by atoms with Gasteiger partial charge in [-0.3, -0.25) is 4.79 Å². The number of benzene rings is 1. The second kappa shape index (κ2) is 4.79. The first-order chi connectivity index (χ1) is 9.29. The van der Waals surface area contributed by atoms with Crippen LogP contribution in [-0.4, -0.2) is 31.4 Å². The Labute approximate surface area is 110 Å². The zero-order chi connectivity index (χ0) is 13.2. The Bertz CT molecular complexity index is 554. The summed E-state index contributed by atoms with van der Waals surface area (Å²) in [7, 11) is 0. The Balaban J connectivity index is 2.03. The molecule has 6 heteroatoms. The van der Waals surface area contributed by atoms with Gasteiger partial charge in [0.1, 0.15) is 6.61 Å². The number of carbonyl (C=O) groups excluding carboxylic acids is 1. The number of hydrogen-bond acceptors (Lipinski definition) is 5. The smallest absolute Gasteiger partial charge is 0.278 e. The fourth-order valence-corrected chi connectivity index (χ4v) is 2.03. The van der Waals surface area contributed by atoms with E-state index < -0.39 is 0 Å². The molecule has 2 heterocycles. The SMILES string of the molecule is CCO/N=C1/C(=O)Nc2cc3c(cc21)OCCCO3. The van der Waals surface area contributed by atoms with Gasteiger partial charge < -0.3 is 19.6 Å². The normalized spacial score (nSPS) is 18.8. The summed E-state index contributed by atoms with van der Waals surface area (Å²) in [5.41, 5.74) is 1.63. The zero-order valence-corrected chi connectivity index (χ0v) is 10.6. The largest absolute Gasteiger partial charge is 0.490 e. The summed E-state index contributed by atoms with van der Waals surface area (Å²) in [5.74, 6) is 1.01. The Morgan fingerprint density at radius 1 is 1.32 bits per heavy atom. The first-order valence-electron chi connectivity index (χ1n) is 6.25. The summed E-state index contributed by atoms with van der Waals surface area (Å²) in [6, 6.07) is 3.54. The molecule has 0 unspecified atom stereocenters. The molecule has 0 saturated heterocycles. The third-order valence-corrected chi connectivity index (χ3v) is 2.89. The molecule has 2 aliphatic heterocycles. The van der Waals surface area contributed by atoms with Gasteiger partial charge in [0.2, 0.25) is 0 Å². The molecule has 0 spiro atoms. The van der Waals surface area contributed by atoms with Gasteiger partial charge >= 0.3 is 0 Å². The number of nitrogens with zero attached hydrogens (tertiary/aromatic N) is 1. The number of anilines is 1. The van der Waals surface area contributed by atoms with E-state index in [4.69, 9.17) is 14.3 Å². The Hall–Kier alpha value is -2.24. The highest BCUT2D eigenvalue weighted by molar-refractivity contribution is 6.53. The minimum atomic E-state index is -0.274. The van der Waals surface area contributed by atoms with E-state index in [0.717, 1.165) is 6.42 Å². The lowest BCUT2D eigenvalue weighted by Crippen LogP contribution is -2.14. The number of amides is 1. The van der Waals surface area contributed by atoms with Crippen molar-refractivity contribution in [3.8, 4) is 11.5 Å². The Morgan fingerprint density at radius 3 is 2.79 bits per heavy atom. The number of nitrogens with one attached hydrogen (secondary N) is 1. The van der Waals surface area contributed by atoms with Crippen molar-refractivity contribution in [1.82, 2.24) is 0 Å². The van der Waals surface area contributed by atoms with E-state index in [2.05, 4.69) is 10.5 Å². The molecule has 1 amide bonds. The molecule has 1 aromatic rings. The molecule has 0 saturated carbocycles. The molecule has 1 aromatic carbocycles. The topological polar surface area (TPSA) is 69.2 Å². The Morgan fingerprint density at radius 2 is 2.05 bits per heavy atom. The Kier molecular flexibility index (Phi) is 2.98. The molecule has 2 aliphatic rings. The van der Waals surface area contributed by atoms with Crippen molar-refractivity contribution in [3.05, 3.63) is 17.7 Å². The van der Waals surface area contributed by atoms with Crippen molar-refractivity contribution < 1.29 is 19.1 Å². The van der Waals surface area contributed by atoms with Crippen LogP contribution in [0.4, 0.5) is 5.69 Å². The highest BCUT2D eigenvalue weighted by Crippen LogP contribution is 2.37. The van der Waals surface area contributed by atoms with Gasteiger partial charge in [-0.25, -0.2) is 0 Å². The van der Waals surface area contributed by atoms with Crippen LogP contribution in [0.1, 0.15) is 18.9 Å².